The Kier molecular flexibility index (Phi) is 78.6. The maximum atomic E-state index is 12.5. The summed E-state index contributed by atoms with van der Waals surface area (Å²) < 4.78 is 0. The minimum Gasteiger partial charge on any atom is -0.480 e. The Balaban J connectivity index is -0.000000188. The quantitative estimate of drug-likeness (QED) is 0.0523. The van der Waals surface area contributed by atoms with Crippen LogP contribution >= 0.6 is 0 Å². The van der Waals surface area contributed by atoms with E-state index in [0.717, 1.165) is 144 Å². The first-order chi connectivity index (χ1) is 49.3. The molecule has 38 heteroatoms. The zero-order chi connectivity index (χ0) is 84.1. The number of Topliss-reactive ketones (excluding diaryl/α,β-unsaturated/α-hetero) is 2. The summed E-state index contributed by atoms with van der Waals surface area (Å²) in [6, 6.07) is 0. The van der Waals surface area contributed by atoms with E-state index in [1.165, 1.54) is 4.90 Å². The highest BCUT2D eigenvalue weighted by Crippen LogP contribution is 2.17. The molecule has 2 rings (SSSR count). The lowest BCUT2D eigenvalue weighted by Gasteiger charge is -2.33. The maximum absolute atomic E-state index is 12.5. The number of carboxylic acids is 5. The Morgan fingerprint density at radius 1 is 0.340 bits per heavy atom. The number of carboxylic acid groups (broad SMARTS) is 5. The van der Waals surface area contributed by atoms with Gasteiger partial charge in [-0.25, -0.2) is 0 Å². The van der Waals surface area contributed by atoms with Crippen molar-refractivity contribution in [2.24, 2.45) is 22.7 Å². The number of ketones is 2. The summed E-state index contributed by atoms with van der Waals surface area (Å²) in [6.45, 7) is 48.3. The van der Waals surface area contributed by atoms with Crippen molar-refractivity contribution in [1.29, 1.82) is 0 Å². The molecule has 0 spiro atoms. The van der Waals surface area contributed by atoms with Gasteiger partial charge in [0.2, 0.25) is 0 Å². The highest BCUT2D eigenvalue weighted by molar-refractivity contribution is 5.86. The van der Waals surface area contributed by atoms with Gasteiger partial charge in [-0.1, -0.05) is 90.0 Å². The van der Waals surface area contributed by atoms with Gasteiger partial charge in [0.25, 0.3) is 0 Å². The number of carbonyl (C=O) groups is 7. The van der Waals surface area contributed by atoms with E-state index in [0.29, 0.717) is 31.7 Å². The topological polar surface area (TPSA) is 471 Å². The smallest absolute Gasteiger partial charge is 0.373 e. The molecule has 0 amide bonds. The third kappa shape index (κ3) is 83.7. The second-order valence-electron chi connectivity index (χ2n) is 27.7. The number of nitrogens with zero attached hydrogens (tertiary/aromatic N) is 14. The van der Waals surface area contributed by atoms with Crippen LogP contribution in [0.3, 0.4) is 0 Å². The monoisotopic (exact) mass is 1520 g/mol. The molecule has 0 aromatic carbocycles. The summed E-state index contributed by atoms with van der Waals surface area (Å²) >= 11 is 0. The molecule has 0 saturated carbocycles. The Morgan fingerprint density at radius 2 is 0.604 bits per heavy atom. The van der Waals surface area contributed by atoms with Crippen LogP contribution in [0.15, 0.2) is 0 Å². The lowest BCUT2D eigenvalue weighted by atomic mass is 9.90. The minimum absolute atomic E-state index is 0.0138. The van der Waals surface area contributed by atoms with Gasteiger partial charge in [0.05, 0.1) is 72.5 Å². The van der Waals surface area contributed by atoms with Crippen molar-refractivity contribution in [3.05, 3.63) is 0 Å². The molecule has 614 valence electrons. The standard InChI is InChI=1S/C19H38N4O3.C17H36N4O2.C14H27N3O5.C12H27N3O2.6CO2/c1-6-21-11-13-22(15-17(24)19(2,3)4)9-7-20(5)8-10-23(14-12-21)16-18(25)26;1-5-19-10-12-20(14-16(2)3)8-6-18(4)7-9-21(13-11-19)15-17(22)23;1-14(2,3)11(18)6-17(9-15(4)5)10-16(7-12(19)20)8-13(21)22;1-6-14(8-12(16)17)10-15(7-11(2)3)9-13(4)5;6*2-1-3/h6-16H2,1-5H3,(H,25,26);16H,5-15H2,1-4H3,(H,22,23);6-10H2,1-5H3,(H,19,20)(H,21,22);11H,6-10H2,1-5H3,(H,16,17);;;;;;. The Bertz CT molecular complexity index is 2420. The van der Waals surface area contributed by atoms with Crippen LogP contribution in [0.5, 0.6) is 0 Å². The number of likely N-dealkylation sites (N-methyl/N-ethyl adjacent to an activating group) is 5. The second-order valence-corrected chi connectivity index (χ2v) is 27.7. The number of hydrogen-bond acceptors (Lipinski definition) is 33. The van der Waals surface area contributed by atoms with Gasteiger partial charge < -0.3 is 50.0 Å². The minimum atomic E-state index is -1.10. The lowest BCUT2D eigenvalue weighted by Crippen LogP contribution is -2.48. The summed E-state index contributed by atoms with van der Waals surface area (Å²) in [6.07, 6.45) is 1.50. The summed E-state index contributed by atoms with van der Waals surface area (Å²) in [4.78, 5) is 206. The average Bonchev–Trinajstić information content (AvgIpc) is 0.886. The van der Waals surface area contributed by atoms with Crippen LogP contribution in [-0.2, 0) is 91.1 Å². The Hall–Kier alpha value is -7.59. The fraction of sp³-hybridized carbons (Fsp3) is 0.809. The number of hydrogen-bond donors (Lipinski definition) is 5. The fourth-order valence-corrected chi connectivity index (χ4v) is 9.52. The molecule has 2 heterocycles. The number of aliphatic carboxylic acids is 5. The van der Waals surface area contributed by atoms with E-state index in [4.69, 9.17) is 83.1 Å². The first-order valence-electron chi connectivity index (χ1n) is 34.3. The molecule has 2 aliphatic rings. The molecule has 0 aromatic rings. The predicted molar refractivity (Wildman–Crippen MR) is 381 cm³/mol. The van der Waals surface area contributed by atoms with E-state index < -0.39 is 35.3 Å². The van der Waals surface area contributed by atoms with E-state index >= 15 is 0 Å². The summed E-state index contributed by atoms with van der Waals surface area (Å²) in [5, 5.41) is 44.8. The van der Waals surface area contributed by atoms with Gasteiger partial charge >= 0.3 is 66.8 Å². The molecule has 0 aliphatic carbocycles. The third-order valence-electron chi connectivity index (χ3n) is 14.7. The molecule has 2 fully saturated rings. The van der Waals surface area contributed by atoms with Crippen LogP contribution in [0.4, 0.5) is 0 Å². The van der Waals surface area contributed by atoms with Crippen LogP contribution in [0.2, 0.25) is 0 Å². The highest BCUT2D eigenvalue weighted by Gasteiger charge is 2.28. The van der Waals surface area contributed by atoms with Crippen molar-refractivity contribution in [3.8, 4) is 0 Å². The fourth-order valence-electron chi connectivity index (χ4n) is 9.52. The normalized spacial score (nSPS) is 14.9. The van der Waals surface area contributed by atoms with Crippen LogP contribution < -0.4 is 0 Å². The van der Waals surface area contributed by atoms with Crippen LogP contribution in [0.1, 0.15) is 90.0 Å². The molecule has 0 atom stereocenters. The van der Waals surface area contributed by atoms with Crippen LogP contribution in [0.25, 0.3) is 0 Å². The Morgan fingerprint density at radius 3 is 0.868 bits per heavy atom. The van der Waals surface area contributed by atoms with Crippen molar-refractivity contribution < 1.29 is 117 Å². The van der Waals surface area contributed by atoms with E-state index in [2.05, 4.69) is 99.7 Å². The van der Waals surface area contributed by atoms with Gasteiger partial charge in [-0.15, -0.1) is 0 Å². The summed E-state index contributed by atoms with van der Waals surface area (Å²) in [7, 11) is 11.9. The SMILES string of the molecule is CCN(CC(=O)O)CN(CC(C)C)CN(C)C.CCN1CCN(CC(=O)O)CCN(C)CCN(CC(=O)C(C)(C)C)CC1.CCN1CCN(CC(=O)O)CCN(C)CCN(CC(C)C)CC1.CN(C)CN(CC(=O)C(C)(C)C)CN(CC(=O)O)CC(=O)O.O=C=O.O=C=O.O=C=O.O=C=O.O=C=O.O=C=O. The molecule has 0 bridgehead atoms. The molecular formula is C68H128N14O24. The largest absolute Gasteiger partial charge is 0.480 e. The average molecular weight is 1530 g/mol. The predicted octanol–water partition coefficient (Wildman–Crippen LogP) is -1.67. The van der Waals surface area contributed by atoms with Gasteiger partial charge in [-0.05, 0) is 73.8 Å². The van der Waals surface area contributed by atoms with Gasteiger partial charge in [-0.2, -0.15) is 57.5 Å². The molecule has 2 aliphatic heterocycles. The first kappa shape index (κ1) is 114. The van der Waals surface area contributed by atoms with Crippen LogP contribution in [0, 0.1) is 22.7 Å². The molecule has 0 radical (unpaired) electrons. The molecule has 5 N–H and O–H groups in total. The molecule has 2 saturated heterocycles. The maximum Gasteiger partial charge on any atom is 0.373 e. The van der Waals surface area contributed by atoms with Crippen molar-refractivity contribution in [3.63, 3.8) is 0 Å². The third-order valence-corrected chi connectivity index (χ3v) is 14.7. The van der Waals surface area contributed by atoms with Crippen molar-refractivity contribution >= 4 is 78.3 Å². The number of carbonyl (C=O) groups excluding carboxylic acids is 14. The zero-order valence-electron chi connectivity index (χ0n) is 66.5. The molecule has 38 nitrogen and oxygen atoms in total. The highest BCUT2D eigenvalue weighted by atomic mass is 16.4. The Labute approximate surface area is 626 Å². The van der Waals surface area contributed by atoms with Gasteiger partial charge in [0.1, 0.15) is 0 Å². The summed E-state index contributed by atoms with van der Waals surface area (Å²) in [5.74, 6) is -2.90. The molecular weight excluding hydrogens is 1400 g/mol. The molecule has 106 heavy (non-hydrogen) atoms. The second kappa shape index (κ2) is 72.9. The van der Waals surface area contributed by atoms with E-state index in [9.17, 15) is 33.6 Å². The number of rotatable bonds is 29. The van der Waals surface area contributed by atoms with E-state index in [-0.39, 0.29) is 99.8 Å². The lowest BCUT2D eigenvalue weighted by molar-refractivity contribution is -0.193. The van der Waals surface area contributed by atoms with Gasteiger partial charge in [0, 0.05) is 129 Å². The van der Waals surface area contributed by atoms with Crippen molar-refractivity contribution in [2.75, 3.05) is 252 Å². The molecule has 0 unspecified atom stereocenters. The zero-order valence-corrected chi connectivity index (χ0v) is 66.5. The van der Waals surface area contributed by atoms with Gasteiger partial charge in [-0.3, -0.25) is 77.7 Å². The van der Waals surface area contributed by atoms with E-state index in [1.807, 2.05) is 91.4 Å². The summed E-state index contributed by atoms with van der Waals surface area (Å²) in [5.41, 5.74) is -0.813. The van der Waals surface area contributed by atoms with Crippen molar-refractivity contribution in [1.82, 2.24) is 68.6 Å². The van der Waals surface area contributed by atoms with E-state index in [1.54, 1.807) is 4.90 Å². The van der Waals surface area contributed by atoms with Crippen LogP contribution in [-0.4, -0.2) is 425 Å². The molecule has 0 aromatic heterocycles. The van der Waals surface area contributed by atoms with Crippen molar-refractivity contribution in [2.45, 2.75) is 90.0 Å². The first-order valence-corrected chi connectivity index (χ1v) is 34.3. The van der Waals surface area contributed by atoms with Gasteiger partial charge in [0.15, 0.2) is 11.6 Å².